The fraction of sp³-hybridized carbons (Fsp3) is 0.150. The van der Waals surface area contributed by atoms with Crippen molar-refractivity contribution in [3.8, 4) is 34.5 Å². The number of benzene rings is 2. The molecule has 130 valence electrons. The van der Waals surface area contributed by atoms with Crippen LogP contribution in [0.25, 0.3) is 33.7 Å². The molecule has 0 amide bonds. The number of hydrogen-bond acceptors (Lipinski definition) is 6. The fourth-order valence-electron chi connectivity index (χ4n) is 2.76. The molecule has 6 heteroatoms. The number of methoxy groups -OCH3 is 2. The van der Waals surface area contributed by atoms with Crippen molar-refractivity contribution in [2.24, 2.45) is 0 Å². The summed E-state index contributed by atoms with van der Waals surface area (Å²) >= 11 is 0. The molecule has 0 saturated heterocycles. The van der Waals surface area contributed by atoms with Crippen molar-refractivity contribution in [3.05, 3.63) is 54.1 Å². The van der Waals surface area contributed by atoms with Crippen molar-refractivity contribution in [3.63, 3.8) is 0 Å². The molecule has 0 radical (unpaired) electrons. The minimum absolute atomic E-state index is 0.425. The summed E-state index contributed by atoms with van der Waals surface area (Å²) in [6.07, 6.45) is 0. The minimum Gasteiger partial charge on any atom is -0.497 e. The average molecular weight is 347 g/mol. The summed E-state index contributed by atoms with van der Waals surface area (Å²) in [5.41, 5.74) is 3.51. The predicted molar refractivity (Wildman–Crippen MR) is 98.3 cm³/mol. The van der Waals surface area contributed by atoms with E-state index in [1.54, 1.807) is 14.2 Å². The monoisotopic (exact) mass is 347 g/mol. The SMILES string of the molecule is COc1ccc(-c2nc(-c3cc4ccc(C)cc4nc3OC)no2)cc1. The van der Waals surface area contributed by atoms with Gasteiger partial charge in [0.15, 0.2) is 0 Å². The van der Waals surface area contributed by atoms with Gasteiger partial charge in [0.05, 0.1) is 25.3 Å². The Morgan fingerprint density at radius 1 is 0.885 bits per heavy atom. The third kappa shape index (κ3) is 2.86. The molecule has 26 heavy (non-hydrogen) atoms. The third-order valence-electron chi connectivity index (χ3n) is 4.14. The summed E-state index contributed by atoms with van der Waals surface area (Å²) in [7, 11) is 3.21. The number of pyridine rings is 1. The van der Waals surface area contributed by atoms with Crippen LogP contribution in [0.2, 0.25) is 0 Å². The third-order valence-corrected chi connectivity index (χ3v) is 4.14. The van der Waals surface area contributed by atoms with E-state index in [0.717, 1.165) is 27.8 Å². The lowest BCUT2D eigenvalue weighted by atomic mass is 10.1. The zero-order chi connectivity index (χ0) is 18.1. The van der Waals surface area contributed by atoms with E-state index >= 15 is 0 Å². The van der Waals surface area contributed by atoms with Gasteiger partial charge in [-0.1, -0.05) is 17.3 Å². The molecule has 2 heterocycles. The largest absolute Gasteiger partial charge is 0.497 e. The summed E-state index contributed by atoms with van der Waals surface area (Å²) in [6.45, 7) is 2.03. The van der Waals surface area contributed by atoms with Crippen molar-refractivity contribution >= 4 is 10.9 Å². The van der Waals surface area contributed by atoms with Crippen LogP contribution < -0.4 is 9.47 Å². The zero-order valence-corrected chi connectivity index (χ0v) is 14.7. The number of hydrogen-bond donors (Lipinski definition) is 0. The van der Waals surface area contributed by atoms with Crippen LogP contribution in [0, 0.1) is 6.92 Å². The summed E-state index contributed by atoms with van der Waals surface area (Å²) in [6, 6.07) is 15.5. The molecule has 2 aromatic heterocycles. The maximum absolute atomic E-state index is 5.44. The Labute approximate surface area is 150 Å². The standard InChI is InChI=1S/C20H17N3O3/c1-12-4-5-14-11-16(20(25-3)21-17(14)10-12)18-22-19(26-23-18)13-6-8-15(24-2)9-7-13/h4-11H,1-3H3. The Bertz CT molecular complexity index is 1070. The molecule has 4 rings (SSSR count). The molecule has 0 unspecified atom stereocenters. The molecule has 0 atom stereocenters. The normalized spacial score (nSPS) is 10.9. The molecule has 4 aromatic rings. The van der Waals surface area contributed by atoms with Crippen LogP contribution in [0.1, 0.15) is 5.56 Å². The molecule has 0 bridgehead atoms. The van der Waals surface area contributed by atoms with Crippen LogP contribution in [0.15, 0.2) is 53.1 Å². The number of ether oxygens (including phenoxy) is 2. The smallest absolute Gasteiger partial charge is 0.258 e. The topological polar surface area (TPSA) is 70.3 Å². The van der Waals surface area contributed by atoms with Crippen molar-refractivity contribution in [2.75, 3.05) is 14.2 Å². The number of fused-ring (bicyclic) bond motifs is 1. The second kappa shape index (κ2) is 6.48. The molecule has 0 aliphatic carbocycles. The van der Waals surface area contributed by atoms with Gasteiger partial charge in [0, 0.05) is 10.9 Å². The Morgan fingerprint density at radius 2 is 1.69 bits per heavy atom. The van der Waals surface area contributed by atoms with Crippen LogP contribution in [-0.4, -0.2) is 29.3 Å². The number of aromatic nitrogens is 3. The van der Waals surface area contributed by atoms with E-state index in [-0.39, 0.29) is 0 Å². The molecule has 0 aliphatic rings. The number of rotatable bonds is 4. The highest BCUT2D eigenvalue weighted by Gasteiger charge is 2.17. The second-order valence-corrected chi connectivity index (χ2v) is 5.89. The van der Waals surface area contributed by atoms with Gasteiger partial charge >= 0.3 is 0 Å². The number of aryl methyl sites for hydroxylation is 1. The van der Waals surface area contributed by atoms with Gasteiger partial charge in [0.1, 0.15) is 5.75 Å². The Balaban J connectivity index is 1.77. The average Bonchev–Trinajstić information content (AvgIpc) is 3.17. The quantitative estimate of drug-likeness (QED) is 0.549. The van der Waals surface area contributed by atoms with Gasteiger partial charge in [-0.2, -0.15) is 4.98 Å². The Hall–Kier alpha value is -3.41. The maximum Gasteiger partial charge on any atom is 0.258 e. The zero-order valence-electron chi connectivity index (χ0n) is 14.7. The molecular formula is C20H17N3O3. The molecule has 0 saturated carbocycles. The Morgan fingerprint density at radius 3 is 2.42 bits per heavy atom. The van der Waals surface area contributed by atoms with E-state index in [2.05, 4.69) is 15.1 Å². The number of nitrogens with zero attached hydrogens (tertiary/aromatic N) is 3. The van der Waals surface area contributed by atoms with Gasteiger partial charge in [-0.05, 0) is 48.9 Å². The summed E-state index contributed by atoms with van der Waals surface area (Å²) in [4.78, 5) is 9.08. The first-order valence-corrected chi connectivity index (χ1v) is 8.12. The molecule has 2 aromatic carbocycles. The molecule has 0 fully saturated rings. The van der Waals surface area contributed by atoms with Crippen LogP contribution in [0.3, 0.4) is 0 Å². The van der Waals surface area contributed by atoms with E-state index in [1.165, 1.54) is 0 Å². The van der Waals surface area contributed by atoms with Gasteiger partial charge < -0.3 is 14.0 Å². The first kappa shape index (κ1) is 16.1. The molecule has 0 aliphatic heterocycles. The van der Waals surface area contributed by atoms with Crippen molar-refractivity contribution in [2.45, 2.75) is 6.92 Å². The lowest BCUT2D eigenvalue weighted by Crippen LogP contribution is -1.94. The summed E-state index contributed by atoms with van der Waals surface area (Å²) in [5.74, 6) is 2.09. The lowest BCUT2D eigenvalue weighted by Gasteiger charge is -2.07. The first-order chi connectivity index (χ1) is 12.7. The highest BCUT2D eigenvalue weighted by molar-refractivity contribution is 5.85. The van der Waals surface area contributed by atoms with Crippen LogP contribution in [-0.2, 0) is 0 Å². The van der Waals surface area contributed by atoms with Crippen molar-refractivity contribution in [1.29, 1.82) is 0 Å². The van der Waals surface area contributed by atoms with Crippen LogP contribution in [0.4, 0.5) is 0 Å². The molecular weight excluding hydrogens is 330 g/mol. The van der Waals surface area contributed by atoms with Crippen molar-refractivity contribution < 1.29 is 14.0 Å². The molecule has 0 spiro atoms. The van der Waals surface area contributed by atoms with Crippen LogP contribution in [0.5, 0.6) is 11.6 Å². The molecule has 6 nitrogen and oxygen atoms in total. The van der Waals surface area contributed by atoms with Gasteiger partial charge in [0.25, 0.3) is 5.89 Å². The van der Waals surface area contributed by atoms with Gasteiger partial charge in [0.2, 0.25) is 11.7 Å². The second-order valence-electron chi connectivity index (χ2n) is 5.89. The highest BCUT2D eigenvalue weighted by atomic mass is 16.5. The van der Waals surface area contributed by atoms with E-state index < -0.39 is 0 Å². The molecule has 0 N–H and O–H groups in total. The van der Waals surface area contributed by atoms with Gasteiger partial charge in [-0.15, -0.1) is 0 Å². The van der Waals surface area contributed by atoms with E-state index in [0.29, 0.717) is 23.2 Å². The van der Waals surface area contributed by atoms with Crippen molar-refractivity contribution in [1.82, 2.24) is 15.1 Å². The first-order valence-electron chi connectivity index (χ1n) is 8.12. The van der Waals surface area contributed by atoms with Gasteiger partial charge in [-0.3, -0.25) is 0 Å². The summed E-state index contributed by atoms with van der Waals surface area (Å²) < 4.78 is 16.0. The van der Waals surface area contributed by atoms with E-state index in [9.17, 15) is 0 Å². The van der Waals surface area contributed by atoms with E-state index in [1.807, 2.05) is 55.5 Å². The Kier molecular flexibility index (Phi) is 4.01. The predicted octanol–water partition coefficient (Wildman–Crippen LogP) is 4.28. The highest BCUT2D eigenvalue weighted by Crippen LogP contribution is 2.31. The van der Waals surface area contributed by atoms with E-state index in [4.69, 9.17) is 14.0 Å². The fourth-order valence-corrected chi connectivity index (χ4v) is 2.76. The van der Waals surface area contributed by atoms with Crippen LogP contribution >= 0.6 is 0 Å². The minimum atomic E-state index is 0.425. The lowest BCUT2D eigenvalue weighted by molar-refractivity contribution is 0.399. The van der Waals surface area contributed by atoms with Gasteiger partial charge in [-0.25, -0.2) is 4.98 Å². The maximum atomic E-state index is 5.44. The summed E-state index contributed by atoms with van der Waals surface area (Å²) in [5, 5.41) is 5.09.